The molecule has 1 aliphatic carbocycles. The standard InChI is InChI=1S/C17H30N2S/c1-5-9-18-14(2)17(3,4)13-19(16-6-7-16)11-15-8-10-20-12-15/h8,10,12,14,16,18H,5-7,9,11,13H2,1-4H3. The van der Waals surface area contributed by atoms with Gasteiger partial charge in [0, 0.05) is 25.2 Å². The lowest BCUT2D eigenvalue weighted by Crippen LogP contribution is -2.47. The molecule has 20 heavy (non-hydrogen) atoms. The van der Waals surface area contributed by atoms with E-state index in [1.165, 1.54) is 31.4 Å². The van der Waals surface area contributed by atoms with Crippen molar-refractivity contribution in [2.45, 2.75) is 65.6 Å². The Bertz CT molecular complexity index is 382. The molecular weight excluding hydrogens is 264 g/mol. The van der Waals surface area contributed by atoms with Crippen LogP contribution in [0.15, 0.2) is 16.8 Å². The first-order valence-electron chi connectivity index (χ1n) is 8.01. The second kappa shape index (κ2) is 7.06. The summed E-state index contributed by atoms with van der Waals surface area (Å²) >= 11 is 1.81. The SMILES string of the molecule is CCCNC(C)C(C)(C)CN(Cc1ccsc1)C1CC1. The van der Waals surface area contributed by atoms with Crippen LogP contribution in [0.4, 0.5) is 0 Å². The average Bonchev–Trinajstić information content (AvgIpc) is 3.14. The van der Waals surface area contributed by atoms with Crippen molar-refractivity contribution < 1.29 is 0 Å². The van der Waals surface area contributed by atoms with Gasteiger partial charge >= 0.3 is 0 Å². The smallest absolute Gasteiger partial charge is 0.0245 e. The van der Waals surface area contributed by atoms with Crippen LogP contribution in [0, 0.1) is 5.41 Å². The Balaban J connectivity index is 1.92. The van der Waals surface area contributed by atoms with Crippen molar-refractivity contribution >= 4 is 11.3 Å². The second-order valence-corrected chi connectivity index (χ2v) is 7.71. The van der Waals surface area contributed by atoms with E-state index < -0.39 is 0 Å². The summed E-state index contributed by atoms with van der Waals surface area (Å²) in [5, 5.41) is 8.16. The first kappa shape index (κ1) is 16.0. The molecule has 1 saturated carbocycles. The fourth-order valence-corrected chi connectivity index (χ4v) is 3.33. The van der Waals surface area contributed by atoms with Crippen molar-refractivity contribution in [2.24, 2.45) is 5.41 Å². The van der Waals surface area contributed by atoms with Crippen LogP contribution in [0.5, 0.6) is 0 Å². The third kappa shape index (κ3) is 4.57. The lowest BCUT2D eigenvalue weighted by molar-refractivity contribution is 0.130. The third-order valence-electron chi connectivity index (χ3n) is 4.51. The molecule has 1 fully saturated rings. The largest absolute Gasteiger partial charge is 0.314 e. The minimum atomic E-state index is 0.313. The van der Waals surface area contributed by atoms with Crippen molar-refractivity contribution in [3.05, 3.63) is 22.4 Å². The number of thiophene rings is 1. The molecule has 1 unspecified atom stereocenters. The highest BCUT2D eigenvalue weighted by molar-refractivity contribution is 7.07. The van der Waals surface area contributed by atoms with Gasteiger partial charge in [-0.05, 0) is 60.5 Å². The molecule has 114 valence electrons. The summed E-state index contributed by atoms with van der Waals surface area (Å²) in [6.45, 7) is 12.8. The Hall–Kier alpha value is -0.380. The Morgan fingerprint density at radius 1 is 1.45 bits per heavy atom. The van der Waals surface area contributed by atoms with Gasteiger partial charge in [0.2, 0.25) is 0 Å². The molecule has 1 N–H and O–H groups in total. The lowest BCUT2D eigenvalue weighted by atomic mass is 9.84. The fourth-order valence-electron chi connectivity index (χ4n) is 2.67. The van der Waals surface area contributed by atoms with E-state index in [4.69, 9.17) is 0 Å². The van der Waals surface area contributed by atoms with Crippen LogP contribution in [0.2, 0.25) is 0 Å². The zero-order valence-corrected chi connectivity index (χ0v) is 14.3. The van der Waals surface area contributed by atoms with E-state index in [-0.39, 0.29) is 0 Å². The summed E-state index contributed by atoms with van der Waals surface area (Å²) in [6, 6.07) is 3.66. The van der Waals surface area contributed by atoms with Crippen molar-refractivity contribution in [1.82, 2.24) is 10.2 Å². The molecule has 0 aliphatic heterocycles. The molecule has 0 amide bonds. The average molecular weight is 295 g/mol. The number of nitrogens with zero attached hydrogens (tertiary/aromatic N) is 1. The zero-order chi connectivity index (χ0) is 14.6. The molecule has 0 spiro atoms. The fraction of sp³-hybridized carbons (Fsp3) is 0.765. The maximum Gasteiger partial charge on any atom is 0.0245 e. The van der Waals surface area contributed by atoms with E-state index in [0.29, 0.717) is 11.5 Å². The first-order chi connectivity index (χ1) is 9.53. The van der Waals surface area contributed by atoms with Crippen LogP contribution in [0.1, 0.15) is 52.5 Å². The number of hydrogen-bond donors (Lipinski definition) is 1. The summed E-state index contributed by atoms with van der Waals surface area (Å²) in [5.41, 5.74) is 1.79. The highest BCUT2D eigenvalue weighted by Crippen LogP contribution is 2.33. The van der Waals surface area contributed by atoms with Gasteiger partial charge in [0.25, 0.3) is 0 Å². The zero-order valence-electron chi connectivity index (χ0n) is 13.5. The van der Waals surface area contributed by atoms with Gasteiger partial charge in [-0.1, -0.05) is 20.8 Å². The van der Waals surface area contributed by atoms with Gasteiger partial charge in [0.05, 0.1) is 0 Å². The molecule has 0 radical (unpaired) electrons. The van der Waals surface area contributed by atoms with Gasteiger partial charge in [0.15, 0.2) is 0 Å². The molecule has 1 aromatic heterocycles. The van der Waals surface area contributed by atoms with Gasteiger partial charge in [-0.15, -0.1) is 0 Å². The molecular formula is C17H30N2S. The van der Waals surface area contributed by atoms with E-state index in [9.17, 15) is 0 Å². The van der Waals surface area contributed by atoms with Crippen molar-refractivity contribution in [3.8, 4) is 0 Å². The molecule has 1 heterocycles. The minimum Gasteiger partial charge on any atom is -0.314 e. The van der Waals surface area contributed by atoms with Gasteiger partial charge in [-0.2, -0.15) is 11.3 Å². The summed E-state index contributed by atoms with van der Waals surface area (Å²) in [6.07, 6.45) is 3.98. The first-order valence-corrected chi connectivity index (χ1v) is 8.95. The predicted octanol–water partition coefficient (Wildman–Crippen LogP) is 4.13. The minimum absolute atomic E-state index is 0.313. The van der Waals surface area contributed by atoms with Crippen LogP contribution in [-0.4, -0.2) is 30.1 Å². The van der Waals surface area contributed by atoms with E-state index in [0.717, 1.165) is 19.1 Å². The van der Waals surface area contributed by atoms with Crippen LogP contribution in [0.3, 0.4) is 0 Å². The van der Waals surface area contributed by atoms with Gasteiger partial charge in [0.1, 0.15) is 0 Å². The quantitative estimate of drug-likeness (QED) is 0.737. The Morgan fingerprint density at radius 2 is 2.20 bits per heavy atom. The molecule has 0 saturated heterocycles. The second-order valence-electron chi connectivity index (χ2n) is 6.93. The molecule has 2 nitrogen and oxygen atoms in total. The van der Waals surface area contributed by atoms with Crippen LogP contribution in [0.25, 0.3) is 0 Å². The normalized spacial score (nSPS) is 17.6. The highest BCUT2D eigenvalue weighted by Gasteiger charge is 2.35. The predicted molar refractivity (Wildman–Crippen MR) is 89.3 cm³/mol. The topological polar surface area (TPSA) is 15.3 Å². The van der Waals surface area contributed by atoms with Crippen molar-refractivity contribution in [2.75, 3.05) is 13.1 Å². The van der Waals surface area contributed by atoms with Gasteiger partial charge in [-0.3, -0.25) is 4.90 Å². The van der Waals surface area contributed by atoms with Crippen LogP contribution < -0.4 is 5.32 Å². The van der Waals surface area contributed by atoms with Gasteiger partial charge < -0.3 is 5.32 Å². The highest BCUT2D eigenvalue weighted by atomic mass is 32.1. The van der Waals surface area contributed by atoms with E-state index in [1.807, 2.05) is 11.3 Å². The van der Waals surface area contributed by atoms with E-state index in [2.05, 4.69) is 54.7 Å². The molecule has 1 atom stereocenters. The van der Waals surface area contributed by atoms with E-state index in [1.54, 1.807) is 0 Å². The number of hydrogen-bond acceptors (Lipinski definition) is 3. The van der Waals surface area contributed by atoms with E-state index >= 15 is 0 Å². The molecule has 3 heteroatoms. The van der Waals surface area contributed by atoms with Crippen molar-refractivity contribution in [3.63, 3.8) is 0 Å². The summed E-state index contributed by atoms with van der Waals surface area (Å²) in [5.74, 6) is 0. The maximum absolute atomic E-state index is 3.67. The Labute approximate surface area is 128 Å². The lowest BCUT2D eigenvalue weighted by Gasteiger charge is -2.38. The Morgan fingerprint density at radius 3 is 2.75 bits per heavy atom. The molecule has 0 bridgehead atoms. The van der Waals surface area contributed by atoms with Crippen molar-refractivity contribution in [1.29, 1.82) is 0 Å². The number of nitrogens with one attached hydrogen (secondary N) is 1. The maximum atomic E-state index is 3.67. The molecule has 0 aromatic carbocycles. The molecule has 1 aromatic rings. The third-order valence-corrected chi connectivity index (χ3v) is 5.24. The summed E-state index contributed by atoms with van der Waals surface area (Å²) < 4.78 is 0. The monoisotopic (exact) mass is 294 g/mol. The summed E-state index contributed by atoms with van der Waals surface area (Å²) in [7, 11) is 0. The molecule has 2 rings (SSSR count). The van der Waals surface area contributed by atoms with Gasteiger partial charge in [-0.25, -0.2) is 0 Å². The van der Waals surface area contributed by atoms with Crippen LogP contribution >= 0.6 is 11.3 Å². The summed E-state index contributed by atoms with van der Waals surface area (Å²) in [4.78, 5) is 2.70. The Kier molecular flexibility index (Phi) is 5.65. The molecule has 1 aliphatic rings. The van der Waals surface area contributed by atoms with Crippen LogP contribution in [-0.2, 0) is 6.54 Å². The number of rotatable bonds is 9.